The van der Waals surface area contributed by atoms with Crippen molar-refractivity contribution in [2.75, 3.05) is 13.1 Å². The summed E-state index contributed by atoms with van der Waals surface area (Å²) in [5.41, 5.74) is 3.14. The molecule has 1 fully saturated rings. The molecular formula is C28H29ClFN3O. The predicted molar refractivity (Wildman–Crippen MR) is 137 cm³/mol. The Morgan fingerprint density at radius 1 is 0.824 bits per heavy atom. The number of hydrogen-bond acceptors (Lipinski definition) is 3. The van der Waals surface area contributed by atoms with Crippen LogP contribution < -0.4 is 5.56 Å². The molecule has 1 atom stereocenters. The van der Waals surface area contributed by atoms with E-state index in [0.717, 1.165) is 55.5 Å². The molecule has 0 spiro atoms. The van der Waals surface area contributed by atoms with Gasteiger partial charge in [0, 0.05) is 24.9 Å². The van der Waals surface area contributed by atoms with E-state index in [4.69, 9.17) is 5.10 Å². The van der Waals surface area contributed by atoms with Crippen LogP contribution in [-0.2, 0) is 13.0 Å². The van der Waals surface area contributed by atoms with E-state index < -0.39 is 0 Å². The predicted octanol–water partition coefficient (Wildman–Crippen LogP) is 5.78. The highest BCUT2D eigenvalue weighted by Gasteiger charge is 2.22. The fourth-order valence-corrected chi connectivity index (χ4v) is 4.83. The highest BCUT2D eigenvalue weighted by atomic mass is 35.5. The maximum atomic E-state index is 13.4. The molecule has 0 radical (unpaired) electrons. The largest absolute Gasteiger partial charge is 0.299 e. The van der Waals surface area contributed by atoms with Crippen molar-refractivity contribution in [3.05, 3.63) is 112 Å². The summed E-state index contributed by atoms with van der Waals surface area (Å²) in [5.74, 6) is -0.250. The first-order chi connectivity index (χ1) is 16.2. The maximum Gasteiger partial charge on any atom is 0.274 e. The molecule has 1 aliphatic rings. The van der Waals surface area contributed by atoms with Gasteiger partial charge in [-0.25, -0.2) is 9.07 Å². The second-order valence-corrected chi connectivity index (χ2v) is 8.89. The second-order valence-electron chi connectivity index (χ2n) is 8.89. The van der Waals surface area contributed by atoms with E-state index >= 15 is 0 Å². The van der Waals surface area contributed by atoms with Gasteiger partial charge in [-0.05, 0) is 55.1 Å². The minimum atomic E-state index is -0.250. The van der Waals surface area contributed by atoms with Gasteiger partial charge in [0.05, 0.1) is 17.1 Å². The van der Waals surface area contributed by atoms with E-state index in [1.165, 1.54) is 17.7 Å². The van der Waals surface area contributed by atoms with E-state index in [1.807, 2.05) is 30.3 Å². The first-order valence-corrected chi connectivity index (χ1v) is 11.7. The van der Waals surface area contributed by atoms with E-state index in [-0.39, 0.29) is 29.8 Å². The summed E-state index contributed by atoms with van der Waals surface area (Å²) in [4.78, 5) is 15.9. The third-order valence-corrected chi connectivity index (χ3v) is 6.57. The van der Waals surface area contributed by atoms with Crippen LogP contribution in [0.5, 0.6) is 0 Å². The maximum absolute atomic E-state index is 13.4. The molecule has 34 heavy (non-hydrogen) atoms. The number of nitrogens with zero attached hydrogens (tertiary/aromatic N) is 3. The molecule has 0 saturated carbocycles. The molecule has 4 aromatic rings. The summed E-state index contributed by atoms with van der Waals surface area (Å²) in [6.45, 7) is 2.90. The number of benzene rings is 3. The van der Waals surface area contributed by atoms with Crippen LogP contribution in [-0.4, -0.2) is 27.8 Å². The van der Waals surface area contributed by atoms with E-state index in [2.05, 4.69) is 29.2 Å². The van der Waals surface area contributed by atoms with Gasteiger partial charge in [0.1, 0.15) is 5.82 Å². The van der Waals surface area contributed by atoms with Crippen molar-refractivity contribution in [3.8, 4) is 0 Å². The lowest BCUT2D eigenvalue weighted by Crippen LogP contribution is -2.30. The van der Waals surface area contributed by atoms with Crippen LogP contribution >= 0.6 is 12.4 Å². The van der Waals surface area contributed by atoms with Crippen LogP contribution in [0, 0.1) is 5.82 Å². The molecule has 176 valence electrons. The van der Waals surface area contributed by atoms with Gasteiger partial charge in [-0.2, -0.15) is 5.10 Å². The van der Waals surface area contributed by atoms with Gasteiger partial charge in [-0.3, -0.25) is 9.69 Å². The quantitative estimate of drug-likeness (QED) is 0.366. The summed E-state index contributed by atoms with van der Waals surface area (Å²) >= 11 is 0. The molecule has 1 unspecified atom stereocenters. The van der Waals surface area contributed by atoms with Crippen molar-refractivity contribution < 1.29 is 4.39 Å². The van der Waals surface area contributed by atoms with E-state index in [0.29, 0.717) is 11.8 Å². The van der Waals surface area contributed by atoms with Gasteiger partial charge in [0.25, 0.3) is 5.56 Å². The van der Waals surface area contributed by atoms with Crippen molar-refractivity contribution >= 4 is 23.2 Å². The Labute approximate surface area is 205 Å². The average Bonchev–Trinajstić information content (AvgIpc) is 3.08. The SMILES string of the molecule is Cl.O=c1c2ccccc2c(Cc2ccc(F)cc2)nn1C1CCCN(Cc2ccccc2)CC1. The number of fused-ring (bicyclic) bond motifs is 1. The zero-order chi connectivity index (χ0) is 22.6. The van der Waals surface area contributed by atoms with Crippen molar-refractivity contribution in [1.29, 1.82) is 0 Å². The van der Waals surface area contributed by atoms with Crippen LogP contribution in [0.25, 0.3) is 10.8 Å². The lowest BCUT2D eigenvalue weighted by atomic mass is 10.0. The van der Waals surface area contributed by atoms with Crippen molar-refractivity contribution in [2.45, 2.75) is 38.3 Å². The molecule has 2 heterocycles. The highest BCUT2D eigenvalue weighted by molar-refractivity contribution is 5.85. The summed E-state index contributed by atoms with van der Waals surface area (Å²) in [6.07, 6.45) is 3.43. The van der Waals surface area contributed by atoms with Crippen molar-refractivity contribution in [1.82, 2.24) is 14.7 Å². The van der Waals surface area contributed by atoms with Crippen molar-refractivity contribution in [3.63, 3.8) is 0 Å². The van der Waals surface area contributed by atoms with Gasteiger partial charge in [-0.1, -0.05) is 60.7 Å². The molecular weight excluding hydrogens is 449 g/mol. The molecule has 0 N–H and O–H groups in total. The number of rotatable bonds is 5. The monoisotopic (exact) mass is 477 g/mol. The average molecular weight is 478 g/mol. The molecule has 1 aliphatic heterocycles. The van der Waals surface area contributed by atoms with Crippen LogP contribution in [0.1, 0.15) is 42.1 Å². The molecule has 0 amide bonds. The number of likely N-dealkylation sites (tertiary alicyclic amines) is 1. The molecule has 5 rings (SSSR count). The number of halogens is 2. The van der Waals surface area contributed by atoms with Crippen molar-refractivity contribution in [2.24, 2.45) is 0 Å². The zero-order valence-corrected chi connectivity index (χ0v) is 19.9. The Morgan fingerprint density at radius 2 is 1.53 bits per heavy atom. The number of hydrogen-bond donors (Lipinski definition) is 0. The Bertz CT molecular complexity index is 1290. The molecule has 6 heteroatoms. The van der Waals surface area contributed by atoms with Gasteiger partial charge < -0.3 is 0 Å². The minimum absolute atomic E-state index is 0. The van der Waals surface area contributed by atoms with Crippen LogP contribution in [0.3, 0.4) is 0 Å². The van der Waals surface area contributed by atoms with E-state index in [1.54, 1.807) is 16.8 Å². The summed E-state index contributed by atoms with van der Waals surface area (Å²) in [6, 6.07) is 24.8. The third kappa shape index (κ3) is 5.37. The standard InChI is InChI=1S/C28H28FN3O.ClH/c29-23-14-12-21(13-15-23)19-27-25-10-4-5-11-26(25)28(33)32(30-27)24-9-6-17-31(18-16-24)20-22-7-2-1-3-8-22;/h1-5,7-8,10-15,24H,6,9,16-20H2;1H. The molecule has 0 bridgehead atoms. The minimum Gasteiger partial charge on any atom is -0.299 e. The molecule has 1 saturated heterocycles. The van der Waals surface area contributed by atoms with Gasteiger partial charge in [0.2, 0.25) is 0 Å². The van der Waals surface area contributed by atoms with Crippen LogP contribution in [0.4, 0.5) is 4.39 Å². The lowest BCUT2D eigenvalue weighted by molar-refractivity contribution is 0.270. The fraction of sp³-hybridized carbons (Fsp3) is 0.286. The Balaban J connectivity index is 0.00000274. The Morgan fingerprint density at radius 3 is 2.29 bits per heavy atom. The third-order valence-electron chi connectivity index (χ3n) is 6.57. The number of aromatic nitrogens is 2. The highest BCUT2D eigenvalue weighted by Crippen LogP contribution is 2.24. The smallest absolute Gasteiger partial charge is 0.274 e. The van der Waals surface area contributed by atoms with Gasteiger partial charge in [-0.15, -0.1) is 12.4 Å². The van der Waals surface area contributed by atoms with Gasteiger partial charge >= 0.3 is 0 Å². The Hall–Kier alpha value is -3.02. The van der Waals surface area contributed by atoms with Crippen LogP contribution in [0.2, 0.25) is 0 Å². The first kappa shape index (κ1) is 24.1. The fourth-order valence-electron chi connectivity index (χ4n) is 4.83. The lowest BCUT2D eigenvalue weighted by Gasteiger charge is -2.21. The normalized spacial score (nSPS) is 16.7. The molecule has 1 aromatic heterocycles. The molecule has 0 aliphatic carbocycles. The topological polar surface area (TPSA) is 38.1 Å². The first-order valence-electron chi connectivity index (χ1n) is 11.7. The molecule has 4 nitrogen and oxygen atoms in total. The van der Waals surface area contributed by atoms with E-state index in [9.17, 15) is 9.18 Å². The Kier molecular flexibility index (Phi) is 7.76. The summed E-state index contributed by atoms with van der Waals surface area (Å²) in [5, 5.41) is 6.47. The second kappa shape index (κ2) is 10.9. The van der Waals surface area contributed by atoms with Crippen LogP contribution in [0.15, 0.2) is 83.7 Å². The van der Waals surface area contributed by atoms with Gasteiger partial charge in [0.15, 0.2) is 0 Å². The summed E-state index contributed by atoms with van der Waals surface area (Å²) in [7, 11) is 0. The summed E-state index contributed by atoms with van der Waals surface area (Å²) < 4.78 is 15.1. The molecule has 3 aromatic carbocycles. The zero-order valence-electron chi connectivity index (χ0n) is 19.1.